The summed E-state index contributed by atoms with van der Waals surface area (Å²) in [4.78, 5) is 0. The molecule has 2 rings (SSSR count). The summed E-state index contributed by atoms with van der Waals surface area (Å²) in [6, 6.07) is 3.10. The lowest BCUT2D eigenvalue weighted by molar-refractivity contribution is 0.318. The number of aromatic nitrogens is 2. The van der Waals surface area contributed by atoms with Gasteiger partial charge < -0.3 is 10.9 Å². The minimum absolute atomic E-state index is 0.116. The van der Waals surface area contributed by atoms with Crippen molar-refractivity contribution >= 4 is 48.9 Å². The van der Waals surface area contributed by atoms with Gasteiger partial charge in [0, 0.05) is 7.05 Å². The largest absolute Gasteiger partial charge is 0.409 e. The quantitative estimate of drug-likeness (QED) is 0.318. The van der Waals surface area contributed by atoms with Crippen LogP contribution in [-0.4, -0.2) is 29.2 Å². The number of nitrogens with two attached hydrogens (primary N) is 1. The second kappa shape index (κ2) is 5.42. The molecule has 2 aromatic rings. The van der Waals surface area contributed by atoms with E-state index >= 15 is 0 Å². The van der Waals surface area contributed by atoms with Crippen molar-refractivity contribution in [1.29, 1.82) is 0 Å². The summed E-state index contributed by atoms with van der Waals surface area (Å²) >= 11 is 4.27. The standard InChI is InChI=1S/C9H10BrN5O3S2/c1-15-9(5(4-12-15)8(11)13-16)14-20(17,18)7-3-2-6(10)19-7/h2-4,14,16H,1H3,(H2,11,13). The molecule has 0 atom stereocenters. The fraction of sp³-hybridized carbons (Fsp3) is 0.111. The van der Waals surface area contributed by atoms with Crippen LogP contribution in [-0.2, 0) is 17.1 Å². The first-order valence-electron chi connectivity index (χ1n) is 5.13. The van der Waals surface area contributed by atoms with Gasteiger partial charge in [0.05, 0.1) is 15.5 Å². The Bertz CT molecular complexity index is 764. The molecule has 0 aliphatic carbocycles. The summed E-state index contributed by atoms with van der Waals surface area (Å²) in [7, 11) is -2.23. The molecular weight excluding hydrogens is 370 g/mol. The van der Waals surface area contributed by atoms with Crippen molar-refractivity contribution in [2.24, 2.45) is 17.9 Å². The first-order chi connectivity index (χ1) is 9.35. The van der Waals surface area contributed by atoms with Gasteiger partial charge in [-0.25, -0.2) is 8.42 Å². The van der Waals surface area contributed by atoms with E-state index in [1.54, 1.807) is 6.07 Å². The highest BCUT2D eigenvalue weighted by atomic mass is 79.9. The van der Waals surface area contributed by atoms with Crippen molar-refractivity contribution in [3.8, 4) is 0 Å². The molecule has 2 heterocycles. The molecule has 0 saturated heterocycles. The number of oxime groups is 1. The van der Waals surface area contributed by atoms with Crippen molar-refractivity contribution in [2.45, 2.75) is 4.21 Å². The number of hydrogen-bond donors (Lipinski definition) is 3. The number of thiophene rings is 1. The van der Waals surface area contributed by atoms with E-state index in [9.17, 15) is 8.42 Å². The number of nitrogens with zero attached hydrogens (tertiary/aromatic N) is 3. The van der Waals surface area contributed by atoms with E-state index in [0.717, 1.165) is 11.3 Å². The lowest BCUT2D eigenvalue weighted by Crippen LogP contribution is -2.19. The molecular formula is C9H10BrN5O3S2. The molecule has 0 bridgehead atoms. The van der Waals surface area contributed by atoms with Crippen LogP contribution in [0, 0.1) is 0 Å². The summed E-state index contributed by atoms with van der Waals surface area (Å²) in [5, 5.41) is 15.4. The van der Waals surface area contributed by atoms with E-state index in [4.69, 9.17) is 10.9 Å². The zero-order valence-electron chi connectivity index (χ0n) is 10.1. The summed E-state index contributed by atoms with van der Waals surface area (Å²) < 4.78 is 28.9. The van der Waals surface area contributed by atoms with E-state index in [1.807, 2.05) is 0 Å². The molecule has 20 heavy (non-hydrogen) atoms. The Morgan fingerprint density at radius 2 is 2.30 bits per heavy atom. The lowest BCUT2D eigenvalue weighted by atomic mass is 10.3. The molecule has 4 N–H and O–H groups in total. The average molecular weight is 380 g/mol. The Kier molecular flexibility index (Phi) is 4.01. The fourth-order valence-electron chi connectivity index (χ4n) is 1.42. The van der Waals surface area contributed by atoms with Crippen LogP contribution >= 0.6 is 27.3 Å². The van der Waals surface area contributed by atoms with Crippen LogP contribution in [0.3, 0.4) is 0 Å². The van der Waals surface area contributed by atoms with Gasteiger partial charge in [0.15, 0.2) is 5.84 Å². The first-order valence-corrected chi connectivity index (χ1v) is 8.22. The second-order valence-electron chi connectivity index (χ2n) is 3.68. The lowest BCUT2D eigenvalue weighted by Gasteiger charge is -2.08. The Hall–Kier alpha value is -1.59. The highest BCUT2D eigenvalue weighted by Gasteiger charge is 2.22. The van der Waals surface area contributed by atoms with Gasteiger partial charge in [0.1, 0.15) is 10.0 Å². The third kappa shape index (κ3) is 2.78. The average Bonchev–Trinajstić information content (AvgIpc) is 2.97. The second-order valence-corrected chi connectivity index (χ2v) is 8.05. The third-order valence-electron chi connectivity index (χ3n) is 2.37. The van der Waals surface area contributed by atoms with Crippen molar-refractivity contribution in [3.05, 3.63) is 27.7 Å². The van der Waals surface area contributed by atoms with Crippen molar-refractivity contribution in [1.82, 2.24) is 9.78 Å². The van der Waals surface area contributed by atoms with Gasteiger partial charge in [-0.3, -0.25) is 9.40 Å². The molecule has 108 valence electrons. The predicted octanol–water partition coefficient (Wildman–Crippen LogP) is 1.14. The SMILES string of the molecule is Cn1ncc(C(N)=NO)c1NS(=O)(=O)c1ccc(Br)s1. The summed E-state index contributed by atoms with van der Waals surface area (Å²) in [5.41, 5.74) is 5.67. The molecule has 0 spiro atoms. The highest BCUT2D eigenvalue weighted by molar-refractivity contribution is 9.11. The van der Waals surface area contributed by atoms with E-state index < -0.39 is 10.0 Å². The van der Waals surface area contributed by atoms with Crippen LogP contribution in [0.5, 0.6) is 0 Å². The smallest absolute Gasteiger partial charge is 0.272 e. The van der Waals surface area contributed by atoms with E-state index in [1.165, 1.54) is 24.0 Å². The number of aryl methyl sites for hydroxylation is 1. The summed E-state index contributed by atoms with van der Waals surface area (Å²) in [6.45, 7) is 0. The van der Waals surface area contributed by atoms with Gasteiger partial charge in [0.25, 0.3) is 10.0 Å². The van der Waals surface area contributed by atoms with Gasteiger partial charge in [-0.05, 0) is 28.1 Å². The number of hydrogen-bond acceptors (Lipinski definition) is 6. The molecule has 0 aromatic carbocycles. The predicted molar refractivity (Wildman–Crippen MR) is 78.5 cm³/mol. The molecule has 0 aliphatic heterocycles. The van der Waals surface area contributed by atoms with Crippen LogP contribution in [0.2, 0.25) is 0 Å². The molecule has 0 aliphatic rings. The third-order valence-corrected chi connectivity index (χ3v) is 5.82. The molecule has 0 radical (unpaired) electrons. The molecule has 8 nitrogen and oxygen atoms in total. The fourth-order valence-corrected chi connectivity index (χ4v) is 4.54. The minimum Gasteiger partial charge on any atom is -0.409 e. The van der Waals surface area contributed by atoms with Crippen LogP contribution in [0.4, 0.5) is 5.82 Å². The van der Waals surface area contributed by atoms with Crippen LogP contribution < -0.4 is 10.5 Å². The monoisotopic (exact) mass is 379 g/mol. The number of nitrogens with one attached hydrogen (secondary N) is 1. The van der Waals surface area contributed by atoms with E-state index in [-0.39, 0.29) is 21.4 Å². The van der Waals surface area contributed by atoms with Gasteiger partial charge >= 0.3 is 0 Å². The number of halogens is 1. The molecule has 0 amide bonds. The molecule has 0 saturated carbocycles. The van der Waals surface area contributed by atoms with Gasteiger partial charge in [-0.1, -0.05) is 5.16 Å². The number of rotatable bonds is 4. The van der Waals surface area contributed by atoms with Crippen LogP contribution in [0.15, 0.2) is 31.5 Å². The molecule has 0 unspecified atom stereocenters. The normalized spacial score (nSPS) is 12.6. The van der Waals surface area contributed by atoms with Gasteiger partial charge in [-0.2, -0.15) is 5.10 Å². The first kappa shape index (κ1) is 14.8. The maximum atomic E-state index is 12.2. The van der Waals surface area contributed by atoms with Crippen LogP contribution in [0.25, 0.3) is 0 Å². The Morgan fingerprint density at radius 3 is 2.85 bits per heavy atom. The van der Waals surface area contributed by atoms with E-state index in [2.05, 4.69) is 30.9 Å². The van der Waals surface area contributed by atoms with Crippen molar-refractivity contribution in [3.63, 3.8) is 0 Å². The van der Waals surface area contributed by atoms with Crippen molar-refractivity contribution in [2.75, 3.05) is 4.72 Å². The summed E-state index contributed by atoms with van der Waals surface area (Å²) in [5.74, 6) is -0.118. The minimum atomic E-state index is -3.76. The van der Waals surface area contributed by atoms with Crippen molar-refractivity contribution < 1.29 is 13.6 Å². The van der Waals surface area contributed by atoms with Gasteiger partial charge in [0.2, 0.25) is 0 Å². The van der Waals surface area contributed by atoms with Crippen LogP contribution in [0.1, 0.15) is 5.56 Å². The summed E-state index contributed by atoms with van der Waals surface area (Å²) in [6.07, 6.45) is 1.30. The molecule has 0 fully saturated rings. The topological polar surface area (TPSA) is 123 Å². The maximum absolute atomic E-state index is 12.2. The Balaban J connectivity index is 2.42. The Labute approximate surface area is 127 Å². The zero-order valence-corrected chi connectivity index (χ0v) is 13.3. The zero-order chi connectivity index (χ0) is 14.9. The molecule has 2 aromatic heterocycles. The number of anilines is 1. The number of sulfonamides is 1. The Morgan fingerprint density at radius 1 is 1.60 bits per heavy atom. The maximum Gasteiger partial charge on any atom is 0.272 e. The van der Waals surface area contributed by atoms with E-state index in [0.29, 0.717) is 3.79 Å². The highest BCUT2D eigenvalue weighted by Crippen LogP contribution is 2.28. The number of amidine groups is 1. The molecule has 11 heteroatoms. The van der Waals surface area contributed by atoms with Gasteiger partial charge in [-0.15, -0.1) is 11.3 Å².